The van der Waals surface area contributed by atoms with Gasteiger partial charge in [0.1, 0.15) is 22.6 Å². The summed E-state index contributed by atoms with van der Waals surface area (Å²) in [6, 6.07) is 13.9. The van der Waals surface area contributed by atoms with Gasteiger partial charge >= 0.3 is 0 Å². The molecule has 1 unspecified atom stereocenters. The van der Waals surface area contributed by atoms with Crippen molar-refractivity contribution in [2.75, 3.05) is 5.32 Å². The van der Waals surface area contributed by atoms with Gasteiger partial charge in [0.2, 0.25) is 0 Å². The molecule has 0 bridgehead atoms. The predicted octanol–water partition coefficient (Wildman–Crippen LogP) is 5.09. The van der Waals surface area contributed by atoms with Crippen LogP contribution >= 0.6 is 11.6 Å². The Kier molecular flexibility index (Phi) is 6.63. The van der Waals surface area contributed by atoms with Crippen molar-refractivity contribution in [3.05, 3.63) is 64.4 Å². The van der Waals surface area contributed by atoms with Crippen molar-refractivity contribution in [2.24, 2.45) is 18.7 Å². The number of halogens is 1. The molecule has 32 heavy (non-hydrogen) atoms. The van der Waals surface area contributed by atoms with Crippen LogP contribution < -0.4 is 11.1 Å². The number of aryl methyl sites for hydroxylation is 1. The molecule has 1 fully saturated rings. The van der Waals surface area contributed by atoms with Crippen LogP contribution in [0.15, 0.2) is 47.5 Å². The van der Waals surface area contributed by atoms with Crippen LogP contribution in [-0.4, -0.2) is 21.3 Å². The highest BCUT2D eigenvalue weighted by atomic mass is 35.5. The lowest BCUT2D eigenvalue weighted by atomic mass is 9.82. The molecule has 6 nitrogen and oxygen atoms in total. The fourth-order valence-corrected chi connectivity index (χ4v) is 4.92. The highest BCUT2D eigenvalue weighted by Crippen LogP contribution is 2.41. The van der Waals surface area contributed by atoms with Crippen LogP contribution in [0.3, 0.4) is 0 Å². The molecule has 1 aliphatic rings. The summed E-state index contributed by atoms with van der Waals surface area (Å²) in [5, 5.41) is 11.2. The summed E-state index contributed by atoms with van der Waals surface area (Å²) >= 11 is 6.11. The molecule has 2 aromatic carbocycles. The Hall–Kier alpha value is -3.08. The number of anilines is 1. The van der Waals surface area contributed by atoms with E-state index in [-0.39, 0.29) is 16.8 Å². The summed E-state index contributed by atoms with van der Waals surface area (Å²) in [5.74, 6) is 3.61. The molecule has 7 heteroatoms. The van der Waals surface area contributed by atoms with Crippen LogP contribution in [0.2, 0.25) is 0 Å². The smallest absolute Gasteiger partial charge is 0.140 e. The molecule has 0 amide bonds. The lowest BCUT2D eigenvalue weighted by Crippen LogP contribution is -2.11. The summed E-state index contributed by atoms with van der Waals surface area (Å²) in [5.41, 5.74) is 10.4. The molecule has 1 heterocycles. The molecule has 1 aromatic heterocycles. The number of carbonyl (C=O) groups excluding carboxylic acids is 1. The molecule has 3 aromatic rings. The molecule has 1 aliphatic carbocycles. The summed E-state index contributed by atoms with van der Waals surface area (Å²) in [6.45, 7) is 0.575. The minimum atomic E-state index is 0.0588. The number of fused-ring (bicyclic) bond motifs is 1. The van der Waals surface area contributed by atoms with E-state index in [9.17, 15) is 4.79 Å². The number of nitrogens with two attached hydrogens (primary N) is 1. The van der Waals surface area contributed by atoms with Crippen LogP contribution in [0, 0.1) is 11.3 Å². The van der Waals surface area contributed by atoms with Crippen molar-refractivity contribution in [3.63, 3.8) is 0 Å². The normalized spacial score (nSPS) is 14.9. The number of nitrogen functional groups attached to an aromatic ring is 1. The molecular formula is C25H28ClN5O. The second kappa shape index (κ2) is 9.60. The van der Waals surface area contributed by atoms with E-state index >= 15 is 0 Å². The second-order valence-corrected chi connectivity index (χ2v) is 9.00. The number of hydrogen-bond acceptors (Lipinski definition) is 4. The molecule has 1 atom stereocenters. The predicted molar refractivity (Wildman–Crippen MR) is 130 cm³/mol. The number of aromatic nitrogens is 2. The molecule has 4 N–H and O–H groups in total. The first kappa shape index (κ1) is 22.1. The minimum absolute atomic E-state index is 0.0588. The number of imidazole rings is 1. The van der Waals surface area contributed by atoms with Crippen LogP contribution in [0.5, 0.6) is 0 Å². The van der Waals surface area contributed by atoms with E-state index < -0.39 is 0 Å². The Balaban J connectivity index is 1.56. The first-order valence-corrected chi connectivity index (χ1v) is 11.4. The van der Waals surface area contributed by atoms with E-state index in [2.05, 4.69) is 28.1 Å². The lowest BCUT2D eigenvalue weighted by Gasteiger charge is -2.23. The lowest BCUT2D eigenvalue weighted by molar-refractivity contribution is 0.434. The third-order valence-electron chi connectivity index (χ3n) is 6.55. The van der Waals surface area contributed by atoms with Gasteiger partial charge in [-0.2, -0.15) is 0 Å². The van der Waals surface area contributed by atoms with Gasteiger partial charge in [-0.15, -0.1) is 0 Å². The van der Waals surface area contributed by atoms with Crippen molar-refractivity contribution in [1.82, 2.24) is 9.55 Å². The van der Waals surface area contributed by atoms with E-state index in [1.54, 1.807) is 0 Å². The minimum Gasteiger partial charge on any atom is -0.384 e. The molecule has 0 saturated heterocycles. The van der Waals surface area contributed by atoms with Gasteiger partial charge < -0.3 is 15.6 Å². The SMILES string of the molecule is Cn1c(CNc2ccc(C(=N)N)cc2)nc2cc(C(CC(Cl)=C=O)C3CCCC3)ccc21. The quantitative estimate of drug-likeness (QED) is 0.253. The fraction of sp³-hybridized carbons (Fsp3) is 0.360. The Morgan fingerprint density at radius 3 is 2.66 bits per heavy atom. The van der Waals surface area contributed by atoms with Gasteiger partial charge in [-0.25, -0.2) is 9.78 Å². The van der Waals surface area contributed by atoms with Gasteiger partial charge in [0.25, 0.3) is 0 Å². The Bertz CT molecular complexity index is 1170. The number of hydrogen-bond donors (Lipinski definition) is 3. The average Bonchev–Trinajstić information content (AvgIpc) is 3.44. The van der Waals surface area contributed by atoms with Crippen LogP contribution in [0.4, 0.5) is 5.69 Å². The molecular weight excluding hydrogens is 422 g/mol. The second-order valence-electron chi connectivity index (χ2n) is 8.54. The van der Waals surface area contributed by atoms with Crippen LogP contribution in [0.1, 0.15) is 55.0 Å². The van der Waals surface area contributed by atoms with Crippen LogP contribution in [0.25, 0.3) is 11.0 Å². The standard InChI is InChI=1S/C25H28ClN5O/c1-31-23-11-8-18(21(13-19(26)15-32)16-4-2-3-5-16)12-22(23)30-24(31)14-29-20-9-6-17(7-10-20)25(27)28/h6-12,16,21,29H,2-5,13-14H2,1H3,(H3,27,28). The first-order valence-electron chi connectivity index (χ1n) is 11.0. The largest absolute Gasteiger partial charge is 0.384 e. The number of amidine groups is 1. The monoisotopic (exact) mass is 449 g/mol. The van der Waals surface area contributed by atoms with Gasteiger partial charge in [-0.05, 0) is 66.6 Å². The summed E-state index contributed by atoms with van der Waals surface area (Å²) in [7, 11) is 2.02. The Morgan fingerprint density at radius 2 is 2.00 bits per heavy atom. The number of allylic oxidation sites excluding steroid dienone is 1. The highest BCUT2D eigenvalue weighted by Gasteiger charge is 2.27. The number of nitrogens with zero attached hydrogens (tertiary/aromatic N) is 2. The Labute approximate surface area is 193 Å². The third kappa shape index (κ3) is 4.72. The van der Waals surface area contributed by atoms with Gasteiger partial charge in [0.15, 0.2) is 0 Å². The summed E-state index contributed by atoms with van der Waals surface area (Å²) in [4.78, 5) is 15.9. The van der Waals surface area contributed by atoms with Crippen LogP contribution in [-0.2, 0) is 18.4 Å². The number of rotatable bonds is 8. The zero-order chi connectivity index (χ0) is 22.7. The topological polar surface area (TPSA) is 96.8 Å². The molecule has 0 aliphatic heterocycles. The Morgan fingerprint density at radius 1 is 1.28 bits per heavy atom. The maximum atomic E-state index is 11.1. The van der Waals surface area contributed by atoms with Crippen molar-refractivity contribution < 1.29 is 4.79 Å². The number of nitrogens with one attached hydrogen (secondary N) is 2. The fourth-order valence-electron chi connectivity index (χ4n) is 4.76. The molecule has 0 radical (unpaired) electrons. The third-order valence-corrected chi connectivity index (χ3v) is 6.78. The first-order chi connectivity index (χ1) is 15.5. The van der Waals surface area contributed by atoms with Gasteiger partial charge in [0, 0.05) is 24.7 Å². The van der Waals surface area contributed by atoms with Gasteiger partial charge in [-0.3, -0.25) is 5.41 Å². The maximum absolute atomic E-state index is 11.1. The summed E-state index contributed by atoms with van der Waals surface area (Å²) < 4.78 is 2.10. The van der Waals surface area contributed by atoms with E-state index in [1.807, 2.05) is 37.3 Å². The van der Waals surface area contributed by atoms with Crippen molar-refractivity contribution in [1.29, 1.82) is 5.41 Å². The van der Waals surface area contributed by atoms with E-state index in [1.165, 1.54) is 31.2 Å². The van der Waals surface area contributed by atoms with Crippen molar-refractivity contribution in [2.45, 2.75) is 44.6 Å². The summed E-state index contributed by atoms with van der Waals surface area (Å²) in [6.07, 6.45) is 5.35. The van der Waals surface area contributed by atoms with Gasteiger partial charge in [-0.1, -0.05) is 30.5 Å². The van der Waals surface area contributed by atoms with E-state index in [4.69, 9.17) is 27.7 Å². The number of benzene rings is 2. The molecule has 4 rings (SSSR count). The molecule has 166 valence electrons. The zero-order valence-corrected chi connectivity index (χ0v) is 19.0. The van der Waals surface area contributed by atoms with Crippen molar-refractivity contribution >= 4 is 40.1 Å². The van der Waals surface area contributed by atoms with Gasteiger partial charge in [0.05, 0.1) is 17.6 Å². The molecule has 1 saturated carbocycles. The van der Waals surface area contributed by atoms with E-state index in [0.29, 0.717) is 24.4 Å². The molecule has 0 spiro atoms. The average molecular weight is 450 g/mol. The zero-order valence-electron chi connectivity index (χ0n) is 18.2. The highest BCUT2D eigenvalue weighted by molar-refractivity contribution is 6.33. The van der Waals surface area contributed by atoms with Crippen molar-refractivity contribution in [3.8, 4) is 0 Å². The van der Waals surface area contributed by atoms with E-state index in [0.717, 1.165) is 22.5 Å². The maximum Gasteiger partial charge on any atom is 0.140 e.